The number of piperidine rings is 1. The number of nitrogens with one attached hydrogen (secondary N) is 2. The van der Waals surface area contributed by atoms with Gasteiger partial charge in [-0.15, -0.1) is 24.0 Å². The number of guanidine groups is 1. The van der Waals surface area contributed by atoms with Gasteiger partial charge in [-0.2, -0.15) is 0 Å². The molecule has 144 valence electrons. The van der Waals surface area contributed by atoms with Crippen molar-refractivity contribution < 1.29 is 4.74 Å². The summed E-state index contributed by atoms with van der Waals surface area (Å²) < 4.78 is 5.36. The lowest BCUT2D eigenvalue weighted by Gasteiger charge is -2.31. The van der Waals surface area contributed by atoms with Crippen molar-refractivity contribution in [1.82, 2.24) is 15.5 Å². The zero-order chi connectivity index (χ0) is 16.8. The first-order valence-electron chi connectivity index (χ1n) is 9.62. The third-order valence-corrected chi connectivity index (χ3v) is 4.31. The molecule has 0 radical (unpaired) electrons. The molecule has 24 heavy (non-hydrogen) atoms. The van der Waals surface area contributed by atoms with E-state index in [-0.39, 0.29) is 24.0 Å². The summed E-state index contributed by atoms with van der Waals surface area (Å²) in [4.78, 5) is 7.37. The van der Waals surface area contributed by atoms with Gasteiger partial charge in [-0.25, -0.2) is 0 Å². The van der Waals surface area contributed by atoms with Crippen LogP contribution < -0.4 is 10.6 Å². The highest BCUT2D eigenvalue weighted by atomic mass is 127. The Hall–Kier alpha value is -0.0800. The lowest BCUT2D eigenvalue weighted by molar-refractivity contribution is 0.143. The van der Waals surface area contributed by atoms with E-state index in [9.17, 15) is 0 Å². The number of rotatable bonds is 11. The molecule has 0 aromatic carbocycles. The molecule has 6 heteroatoms. The fraction of sp³-hybridized carbons (Fsp3) is 0.944. The van der Waals surface area contributed by atoms with Crippen molar-refractivity contribution >= 4 is 29.9 Å². The van der Waals surface area contributed by atoms with Crippen LogP contribution in [-0.2, 0) is 4.74 Å². The first-order chi connectivity index (χ1) is 11.3. The maximum Gasteiger partial charge on any atom is 0.191 e. The Bertz CT molecular complexity index is 307. The monoisotopic (exact) mass is 454 g/mol. The number of nitrogens with zero attached hydrogens (tertiary/aromatic N) is 2. The largest absolute Gasteiger partial charge is 0.382 e. The van der Waals surface area contributed by atoms with Gasteiger partial charge in [0.05, 0.1) is 0 Å². The minimum absolute atomic E-state index is 0. The van der Waals surface area contributed by atoms with Crippen LogP contribution in [0.3, 0.4) is 0 Å². The van der Waals surface area contributed by atoms with Gasteiger partial charge in [-0.1, -0.05) is 6.92 Å². The molecule has 1 saturated heterocycles. The summed E-state index contributed by atoms with van der Waals surface area (Å²) in [6.07, 6.45) is 6.07. The Kier molecular flexibility index (Phi) is 16.3. The second-order valence-corrected chi connectivity index (χ2v) is 6.34. The number of halogens is 1. The fourth-order valence-electron chi connectivity index (χ4n) is 2.95. The van der Waals surface area contributed by atoms with Crippen molar-refractivity contribution in [3.63, 3.8) is 0 Å². The summed E-state index contributed by atoms with van der Waals surface area (Å²) in [6.45, 7) is 14.7. The topological polar surface area (TPSA) is 48.9 Å². The fourth-order valence-corrected chi connectivity index (χ4v) is 2.95. The number of hydrogen-bond acceptors (Lipinski definition) is 3. The van der Waals surface area contributed by atoms with Crippen LogP contribution in [-0.4, -0.2) is 63.3 Å². The average Bonchev–Trinajstić information content (AvgIpc) is 2.57. The summed E-state index contributed by atoms with van der Waals surface area (Å²) in [7, 11) is 0. The van der Waals surface area contributed by atoms with Gasteiger partial charge in [0.25, 0.3) is 0 Å². The number of unbranched alkanes of at least 4 members (excludes halogenated alkanes) is 1. The Morgan fingerprint density at radius 3 is 2.50 bits per heavy atom. The summed E-state index contributed by atoms with van der Waals surface area (Å²) in [6, 6.07) is 0. The van der Waals surface area contributed by atoms with E-state index in [1.54, 1.807) is 0 Å². The molecule has 1 aliphatic heterocycles. The lowest BCUT2D eigenvalue weighted by atomic mass is 9.97. The van der Waals surface area contributed by atoms with Gasteiger partial charge in [0, 0.05) is 32.8 Å². The first-order valence-corrected chi connectivity index (χ1v) is 9.62. The van der Waals surface area contributed by atoms with Crippen LogP contribution >= 0.6 is 24.0 Å². The Balaban J connectivity index is 0.00000529. The Morgan fingerprint density at radius 2 is 1.88 bits per heavy atom. The predicted molar refractivity (Wildman–Crippen MR) is 115 cm³/mol. The van der Waals surface area contributed by atoms with Gasteiger partial charge < -0.3 is 20.3 Å². The molecule has 1 rings (SSSR count). The molecule has 1 fully saturated rings. The molecular formula is C18H39IN4O. The van der Waals surface area contributed by atoms with Crippen LogP contribution in [0.4, 0.5) is 0 Å². The van der Waals surface area contributed by atoms with E-state index in [0.717, 1.165) is 57.6 Å². The van der Waals surface area contributed by atoms with Crippen LogP contribution in [0.2, 0.25) is 0 Å². The molecule has 5 nitrogen and oxygen atoms in total. The molecule has 0 bridgehead atoms. The van der Waals surface area contributed by atoms with E-state index < -0.39 is 0 Å². The third kappa shape index (κ3) is 11.5. The number of aliphatic imine (C=N–C) groups is 1. The summed E-state index contributed by atoms with van der Waals surface area (Å²) in [5, 5.41) is 6.79. The maximum absolute atomic E-state index is 5.36. The summed E-state index contributed by atoms with van der Waals surface area (Å²) in [5.74, 6) is 1.72. The first kappa shape index (κ1) is 23.9. The van der Waals surface area contributed by atoms with Crippen LogP contribution in [0.5, 0.6) is 0 Å². The van der Waals surface area contributed by atoms with Crippen molar-refractivity contribution in [1.29, 1.82) is 0 Å². The highest BCUT2D eigenvalue weighted by molar-refractivity contribution is 14.0. The van der Waals surface area contributed by atoms with Crippen molar-refractivity contribution in [2.75, 3.05) is 52.5 Å². The molecular weight excluding hydrogens is 415 g/mol. The quantitative estimate of drug-likeness (QED) is 0.218. The number of ether oxygens (including phenoxy) is 1. The molecule has 0 saturated carbocycles. The zero-order valence-electron chi connectivity index (χ0n) is 16.0. The molecule has 1 heterocycles. The number of hydrogen-bond donors (Lipinski definition) is 2. The highest BCUT2D eigenvalue weighted by Crippen LogP contribution is 2.17. The second kappa shape index (κ2) is 16.4. The third-order valence-electron chi connectivity index (χ3n) is 4.31. The highest BCUT2D eigenvalue weighted by Gasteiger charge is 2.18. The van der Waals surface area contributed by atoms with E-state index in [4.69, 9.17) is 9.73 Å². The SMILES string of the molecule is CCCN1CCC(CN=C(NCC)NCCCCOCC)CC1.I. The number of likely N-dealkylation sites (tertiary alicyclic amines) is 1. The molecule has 0 aromatic rings. The normalized spacial score (nSPS) is 16.7. The van der Waals surface area contributed by atoms with Crippen molar-refractivity contribution in [2.45, 2.75) is 52.9 Å². The minimum atomic E-state index is 0. The average molecular weight is 454 g/mol. The van der Waals surface area contributed by atoms with E-state index in [1.165, 1.54) is 38.9 Å². The van der Waals surface area contributed by atoms with E-state index in [2.05, 4.69) is 29.4 Å². The Labute approximate surface area is 166 Å². The van der Waals surface area contributed by atoms with Crippen molar-refractivity contribution in [3.8, 4) is 0 Å². The van der Waals surface area contributed by atoms with Crippen LogP contribution in [0, 0.1) is 5.92 Å². The molecule has 0 spiro atoms. The van der Waals surface area contributed by atoms with Crippen molar-refractivity contribution in [3.05, 3.63) is 0 Å². The standard InChI is InChI=1S/C18H38N4O.HI/c1-4-12-22-13-9-17(10-14-22)16-21-18(19-5-2)20-11-7-8-15-23-6-3;/h17H,4-16H2,1-3H3,(H2,19,20,21);1H. The smallest absolute Gasteiger partial charge is 0.191 e. The van der Waals surface area contributed by atoms with Gasteiger partial charge in [0.2, 0.25) is 0 Å². The van der Waals surface area contributed by atoms with Crippen LogP contribution in [0.1, 0.15) is 52.9 Å². The molecule has 0 unspecified atom stereocenters. The summed E-state index contributed by atoms with van der Waals surface area (Å²) in [5.41, 5.74) is 0. The molecule has 0 aromatic heterocycles. The lowest BCUT2D eigenvalue weighted by Crippen LogP contribution is -2.39. The zero-order valence-corrected chi connectivity index (χ0v) is 18.3. The van der Waals surface area contributed by atoms with Gasteiger partial charge in [-0.3, -0.25) is 4.99 Å². The van der Waals surface area contributed by atoms with E-state index >= 15 is 0 Å². The van der Waals surface area contributed by atoms with E-state index in [1.807, 2.05) is 6.92 Å². The molecule has 0 aliphatic carbocycles. The van der Waals surface area contributed by atoms with E-state index in [0.29, 0.717) is 0 Å². The van der Waals surface area contributed by atoms with Crippen molar-refractivity contribution in [2.24, 2.45) is 10.9 Å². The van der Waals surface area contributed by atoms with Gasteiger partial charge in [0.1, 0.15) is 0 Å². The molecule has 2 N–H and O–H groups in total. The maximum atomic E-state index is 5.36. The second-order valence-electron chi connectivity index (χ2n) is 6.34. The van der Waals surface area contributed by atoms with Gasteiger partial charge >= 0.3 is 0 Å². The minimum Gasteiger partial charge on any atom is -0.382 e. The summed E-state index contributed by atoms with van der Waals surface area (Å²) >= 11 is 0. The Morgan fingerprint density at radius 1 is 1.12 bits per heavy atom. The molecule has 0 amide bonds. The molecule has 0 atom stereocenters. The molecule has 1 aliphatic rings. The van der Waals surface area contributed by atoms with Crippen LogP contribution in [0.25, 0.3) is 0 Å². The van der Waals surface area contributed by atoms with Crippen LogP contribution in [0.15, 0.2) is 4.99 Å². The van der Waals surface area contributed by atoms with Gasteiger partial charge in [-0.05, 0) is 71.5 Å². The van der Waals surface area contributed by atoms with Gasteiger partial charge in [0.15, 0.2) is 5.96 Å². The predicted octanol–water partition coefficient (Wildman–Crippen LogP) is 3.10.